The summed E-state index contributed by atoms with van der Waals surface area (Å²) in [5.74, 6) is 1.65. The van der Waals surface area contributed by atoms with Gasteiger partial charge in [0.15, 0.2) is 11.6 Å². The van der Waals surface area contributed by atoms with Gasteiger partial charge in [-0.2, -0.15) is 0 Å². The second-order valence-electron chi connectivity index (χ2n) is 5.33. The van der Waals surface area contributed by atoms with E-state index in [-0.39, 0.29) is 5.82 Å². The Morgan fingerprint density at radius 3 is 2.89 bits per heavy atom. The summed E-state index contributed by atoms with van der Waals surface area (Å²) in [6.45, 7) is 6.84. The van der Waals surface area contributed by atoms with Gasteiger partial charge in [0.1, 0.15) is 0 Å². The molecule has 100 valence electrons. The van der Waals surface area contributed by atoms with E-state index in [0.717, 1.165) is 19.5 Å². The molecular weight excluding hydrogens is 229 g/mol. The summed E-state index contributed by atoms with van der Waals surface area (Å²) < 4.78 is 14.3. The normalized spacial score (nSPS) is 24.3. The number of hydrogen-bond acceptors (Lipinski definition) is 3. The number of halogens is 1. The Morgan fingerprint density at radius 1 is 1.44 bits per heavy atom. The van der Waals surface area contributed by atoms with Crippen molar-refractivity contribution in [1.82, 2.24) is 10.3 Å². The van der Waals surface area contributed by atoms with Crippen molar-refractivity contribution in [1.29, 1.82) is 0 Å². The summed E-state index contributed by atoms with van der Waals surface area (Å²) in [6, 6.07) is 1.74. The monoisotopic (exact) mass is 251 g/mol. The Morgan fingerprint density at radius 2 is 2.22 bits per heavy atom. The van der Waals surface area contributed by atoms with Crippen molar-refractivity contribution < 1.29 is 4.39 Å². The second kappa shape index (κ2) is 5.65. The first-order valence-corrected chi connectivity index (χ1v) is 6.66. The molecule has 18 heavy (non-hydrogen) atoms. The van der Waals surface area contributed by atoms with Gasteiger partial charge < -0.3 is 10.2 Å². The van der Waals surface area contributed by atoms with Crippen molar-refractivity contribution in [2.24, 2.45) is 11.8 Å². The highest BCUT2D eigenvalue weighted by Gasteiger charge is 2.25. The van der Waals surface area contributed by atoms with E-state index in [2.05, 4.69) is 29.0 Å². The molecule has 3 nitrogen and oxygen atoms in total. The van der Waals surface area contributed by atoms with Crippen LogP contribution in [0.3, 0.4) is 0 Å². The molecule has 0 aliphatic carbocycles. The van der Waals surface area contributed by atoms with Crippen molar-refractivity contribution in [3.63, 3.8) is 0 Å². The highest BCUT2D eigenvalue weighted by Crippen LogP contribution is 2.28. The fourth-order valence-corrected chi connectivity index (χ4v) is 2.47. The van der Waals surface area contributed by atoms with Crippen LogP contribution in [0.15, 0.2) is 12.3 Å². The van der Waals surface area contributed by atoms with Gasteiger partial charge in [0.25, 0.3) is 0 Å². The van der Waals surface area contributed by atoms with Crippen LogP contribution in [0.1, 0.15) is 25.8 Å². The third-order valence-corrected chi connectivity index (χ3v) is 3.95. The number of aromatic nitrogens is 1. The van der Waals surface area contributed by atoms with Crippen molar-refractivity contribution >= 4 is 5.82 Å². The average molecular weight is 251 g/mol. The molecule has 1 aromatic heterocycles. The van der Waals surface area contributed by atoms with E-state index in [1.165, 1.54) is 0 Å². The molecule has 0 spiro atoms. The van der Waals surface area contributed by atoms with Crippen LogP contribution in [0.4, 0.5) is 10.2 Å². The lowest BCUT2D eigenvalue weighted by molar-refractivity contribution is 0.321. The molecule has 0 radical (unpaired) electrons. The molecule has 0 aromatic carbocycles. The number of hydrogen-bond donors (Lipinski definition) is 1. The predicted molar refractivity (Wildman–Crippen MR) is 72.1 cm³/mol. The van der Waals surface area contributed by atoms with E-state index >= 15 is 0 Å². The fraction of sp³-hybridized carbons (Fsp3) is 0.643. The van der Waals surface area contributed by atoms with Gasteiger partial charge in [-0.05, 0) is 31.4 Å². The van der Waals surface area contributed by atoms with Gasteiger partial charge in [0.05, 0.1) is 0 Å². The molecule has 4 heteroatoms. The minimum Gasteiger partial charge on any atom is -0.354 e. The van der Waals surface area contributed by atoms with Crippen LogP contribution in [0.5, 0.6) is 0 Å². The highest BCUT2D eigenvalue weighted by molar-refractivity contribution is 5.43. The van der Waals surface area contributed by atoms with Crippen LogP contribution in [0, 0.1) is 17.7 Å². The molecular formula is C14H22FN3. The smallest absolute Gasteiger partial charge is 0.170 e. The quantitative estimate of drug-likeness (QED) is 0.894. The lowest BCUT2D eigenvalue weighted by atomic mass is 9.88. The Kier molecular flexibility index (Phi) is 4.17. The number of nitrogens with one attached hydrogen (secondary N) is 1. The van der Waals surface area contributed by atoms with Crippen LogP contribution < -0.4 is 10.2 Å². The topological polar surface area (TPSA) is 28.2 Å². The summed E-state index contributed by atoms with van der Waals surface area (Å²) in [6.07, 6.45) is 2.81. The zero-order valence-corrected chi connectivity index (χ0v) is 11.4. The Bertz CT molecular complexity index is 408. The van der Waals surface area contributed by atoms with E-state index in [0.29, 0.717) is 29.8 Å². The van der Waals surface area contributed by atoms with Gasteiger partial charge in [0.2, 0.25) is 0 Å². The molecule has 1 aromatic rings. The Balaban J connectivity index is 2.20. The fourth-order valence-electron chi connectivity index (χ4n) is 2.47. The SMILES string of the molecule is CNCc1ccnc(N2CCC(C)C(C)C2)c1F. The summed E-state index contributed by atoms with van der Waals surface area (Å²) in [4.78, 5) is 6.31. The molecule has 1 aliphatic heterocycles. The molecule has 2 heterocycles. The average Bonchev–Trinajstić information content (AvgIpc) is 2.36. The summed E-state index contributed by atoms with van der Waals surface area (Å²) in [5.41, 5.74) is 0.689. The molecule has 1 saturated heterocycles. The molecule has 1 N–H and O–H groups in total. The van der Waals surface area contributed by atoms with Crippen LogP contribution in [-0.4, -0.2) is 25.1 Å². The molecule has 1 fully saturated rings. The van der Waals surface area contributed by atoms with Gasteiger partial charge in [-0.1, -0.05) is 13.8 Å². The third kappa shape index (κ3) is 2.64. The standard InChI is InChI=1S/C14H22FN3/c1-10-5-7-18(9-11(10)2)14-13(15)12(8-16-3)4-6-17-14/h4,6,10-11,16H,5,7-9H2,1-3H3. The number of pyridine rings is 1. The molecule has 2 unspecified atom stereocenters. The summed E-state index contributed by atoms with van der Waals surface area (Å²) in [7, 11) is 1.82. The largest absolute Gasteiger partial charge is 0.354 e. The minimum absolute atomic E-state index is 0.173. The van der Waals surface area contributed by atoms with Crippen LogP contribution >= 0.6 is 0 Å². The van der Waals surface area contributed by atoms with Crippen molar-refractivity contribution in [3.05, 3.63) is 23.6 Å². The van der Waals surface area contributed by atoms with Gasteiger partial charge >= 0.3 is 0 Å². The first-order valence-electron chi connectivity index (χ1n) is 6.66. The lowest BCUT2D eigenvalue weighted by Gasteiger charge is -2.36. The molecule has 1 aliphatic rings. The second-order valence-corrected chi connectivity index (χ2v) is 5.33. The Hall–Kier alpha value is -1.16. The van der Waals surface area contributed by atoms with Crippen LogP contribution in [-0.2, 0) is 6.54 Å². The van der Waals surface area contributed by atoms with Gasteiger partial charge in [-0.25, -0.2) is 9.37 Å². The number of anilines is 1. The molecule has 2 atom stereocenters. The zero-order valence-electron chi connectivity index (χ0n) is 11.4. The van der Waals surface area contributed by atoms with E-state index in [9.17, 15) is 4.39 Å². The first kappa shape index (κ1) is 13.3. The Labute approximate surface area is 108 Å². The van der Waals surface area contributed by atoms with Crippen LogP contribution in [0.25, 0.3) is 0 Å². The third-order valence-electron chi connectivity index (χ3n) is 3.95. The zero-order chi connectivity index (χ0) is 13.1. The maximum Gasteiger partial charge on any atom is 0.170 e. The van der Waals surface area contributed by atoms with E-state index in [1.807, 2.05) is 7.05 Å². The van der Waals surface area contributed by atoms with Gasteiger partial charge in [-0.3, -0.25) is 0 Å². The lowest BCUT2D eigenvalue weighted by Crippen LogP contribution is -2.39. The van der Waals surface area contributed by atoms with Crippen LogP contribution in [0.2, 0.25) is 0 Å². The highest BCUT2D eigenvalue weighted by atomic mass is 19.1. The number of rotatable bonds is 3. The first-order chi connectivity index (χ1) is 8.63. The molecule has 0 saturated carbocycles. The minimum atomic E-state index is -0.173. The van der Waals surface area contributed by atoms with Crippen molar-refractivity contribution in [2.45, 2.75) is 26.8 Å². The van der Waals surface area contributed by atoms with Crippen molar-refractivity contribution in [3.8, 4) is 0 Å². The predicted octanol–water partition coefficient (Wildman–Crippen LogP) is 2.42. The number of piperidine rings is 1. The molecule has 0 bridgehead atoms. The number of nitrogens with zero attached hydrogens (tertiary/aromatic N) is 2. The van der Waals surface area contributed by atoms with E-state index in [1.54, 1.807) is 12.3 Å². The van der Waals surface area contributed by atoms with E-state index < -0.39 is 0 Å². The van der Waals surface area contributed by atoms with Crippen molar-refractivity contribution in [2.75, 3.05) is 25.0 Å². The van der Waals surface area contributed by atoms with Gasteiger partial charge in [-0.15, -0.1) is 0 Å². The summed E-state index contributed by atoms with van der Waals surface area (Å²) in [5, 5.41) is 2.98. The summed E-state index contributed by atoms with van der Waals surface area (Å²) >= 11 is 0. The van der Waals surface area contributed by atoms with Gasteiger partial charge in [0, 0.05) is 31.4 Å². The molecule has 0 amide bonds. The molecule has 2 rings (SSSR count). The maximum atomic E-state index is 14.3. The van der Waals surface area contributed by atoms with E-state index in [4.69, 9.17) is 0 Å². The maximum absolute atomic E-state index is 14.3.